The number of nitrogens with two attached hydrogens (primary N) is 1. The van der Waals surface area contributed by atoms with Gasteiger partial charge in [0.1, 0.15) is 12.1 Å². The molecule has 2 aromatic rings. The highest BCUT2D eigenvalue weighted by Crippen LogP contribution is 2.35. The number of nitrogens with one attached hydrogen (secondary N) is 1. The monoisotopic (exact) mass is 418 g/mol. The molecule has 1 fully saturated rings. The zero-order chi connectivity index (χ0) is 20.4. The fourth-order valence-electron chi connectivity index (χ4n) is 4.51. The first-order valence-electron chi connectivity index (χ1n) is 9.88. The Labute approximate surface area is 170 Å². The molecule has 0 spiro atoms. The number of fused-ring (bicyclic) bond motifs is 1. The number of aliphatic hydroxyl groups excluding tert-OH is 1. The Morgan fingerprint density at radius 3 is 2.90 bits per heavy atom. The molecule has 2 aliphatic carbocycles. The van der Waals surface area contributed by atoms with Crippen molar-refractivity contribution in [2.75, 3.05) is 11.9 Å². The third-order valence-electron chi connectivity index (χ3n) is 5.88. The van der Waals surface area contributed by atoms with E-state index in [0.717, 1.165) is 24.4 Å². The summed E-state index contributed by atoms with van der Waals surface area (Å²) >= 11 is 0. The van der Waals surface area contributed by atoms with E-state index >= 15 is 0 Å². The molecule has 1 heterocycles. The van der Waals surface area contributed by atoms with Crippen molar-refractivity contribution >= 4 is 16.1 Å². The predicted octanol–water partition coefficient (Wildman–Crippen LogP) is 1.73. The van der Waals surface area contributed by atoms with Gasteiger partial charge < -0.3 is 10.4 Å². The van der Waals surface area contributed by atoms with Crippen molar-refractivity contribution in [2.24, 2.45) is 17.0 Å². The number of aliphatic hydroxyl groups is 1. The van der Waals surface area contributed by atoms with Crippen LogP contribution in [-0.4, -0.2) is 36.2 Å². The number of aromatic nitrogens is 2. The molecule has 0 radical (unpaired) electrons. The largest absolute Gasteiger partial charge is 0.393 e. The molecule has 4 rings (SSSR count). The van der Waals surface area contributed by atoms with Crippen LogP contribution in [0.3, 0.4) is 0 Å². The first kappa shape index (κ1) is 20.2. The van der Waals surface area contributed by atoms with Gasteiger partial charge in [-0.05, 0) is 49.1 Å². The van der Waals surface area contributed by atoms with Crippen LogP contribution >= 0.6 is 0 Å². The second-order valence-electron chi connectivity index (χ2n) is 7.98. The van der Waals surface area contributed by atoms with Gasteiger partial charge >= 0.3 is 10.3 Å². The molecule has 29 heavy (non-hydrogen) atoms. The second-order valence-corrected chi connectivity index (χ2v) is 9.20. The molecule has 1 aromatic carbocycles. The third-order valence-corrected chi connectivity index (χ3v) is 6.34. The van der Waals surface area contributed by atoms with E-state index in [2.05, 4.69) is 43.7 Å². The molecule has 0 bridgehead atoms. The molecule has 1 saturated carbocycles. The number of rotatable bonds is 7. The van der Waals surface area contributed by atoms with Crippen molar-refractivity contribution in [2.45, 2.75) is 44.2 Å². The second kappa shape index (κ2) is 8.35. The topological polar surface area (TPSA) is 127 Å². The minimum Gasteiger partial charge on any atom is -0.393 e. The highest BCUT2D eigenvalue weighted by molar-refractivity contribution is 7.84. The Hall–Kier alpha value is -2.07. The number of hydrogen-bond acceptors (Lipinski definition) is 7. The Bertz CT molecular complexity index is 968. The van der Waals surface area contributed by atoms with Crippen LogP contribution in [0.4, 0.5) is 5.82 Å². The van der Waals surface area contributed by atoms with Crippen LogP contribution in [0.15, 0.2) is 36.7 Å². The van der Waals surface area contributed by atoms with Crippen LogP contribution in [-0.2, 0) is 27.3 Å². The van der Waals surface area contributed by atoms with E-state index in [4.69, 9.17) is 5.14 Å². The van der Waals surface area contributed by atoms with Crippen molar-refractivity contribution in [3.8, 4) is 0 Å². The Balaban J connectivity index is 1.36. The molecular weight excluding hydrogens is 392 g/mol. The SMILES string of the molecule is NS(=O)(=O)OC[C@@H]1C[C@@H](Cc2cc(N[C@H]3CCc4ccccc43)ncn2)C[C@@H]1O. The summed E-state index contributed by atoms with van der Waals surface area (Å²) in [7, 11) is -3.99. The van der Waals surface area contributed by atoms with Gasteiger partial charge in [-0.2, -0.15) is 8.42 Å². The van der Waals surface area contributed by atoms with Crippen LogP contribution in [0, 0.1) is 11.8 Å². The van der Waals surface area contributed by atoms with Crippen LogP contribution < -0.4 is 10.5 Å². The van der Waals surface area contributed by atoms with Crippen LogP contribution in [0.5, 0.6) is 0 Å². The summed E-state index contributed by atoms with van der Waals surface area (Å²) in [4.78, 5) is 8.74. The minimum absolute atomic E-state index is 0.0891. The lowest BCUT2D eigenvalue weighted by atomic mass is 10.00. The van der Waals surface area contributed by atoms with E-state index in [1.807, 2.05) is 6.07 Å². The normalized spacial score (nSPS) is 26.4. The molecule has 8 nitrogen and oxygen atoms in total. The maximum absolute atomic E-state index is 11.0. The highest BCUT2D eigenvalue weighted by Gasteiger charge is 2.34. The summed E-state index contributed by atoms with van der Waals surface area (Å²) in [6.45, 7) is -0.0891. The minimum atomic E-state index is -3.99. The lowest BCUT2D eigenvalue weighted by molar-refractivity contribution is 0.100. The fourth-order valence-corrected chi connectivity index (χ4v) is 4.88. The molecule has 4 N–H and O–H groups in total. The number of benzene rings is 1. The number of anilines is 1. The van der Waals surface area contributed by atoms with E-state index in [0.29, 0.717) is 19.3 Å². The zero-order valence-electron chi connectivity index (χ0n) is 16.1. The Morgan fingerprint density at radius 2 is 2.07 bits per heavy atom. The number of aryl methyl sites for hydroxylation is 1. The van der Waals surface area contributed by atoms with Crippen molar-refractivity contribution in [1.82, 2.24) is 9.97 Å². The van der Waals surface area contributed by atoms with Gasteiger partial charge in [0.25, 0.3) is 0 Å². The first-order chi connectivity index (χ1) is 13.9. The maximum Gasteiger partial charge on any atom is 0.333 e. The summed E-state index contributed by atoms with van der Waals surface area (Å²) < 4.78 is 26.6. The van der Waals surface area contributed by atoms with Gasteiger partial charge in [-0.1, -0.05) is 24.3 Å². The quantitative estimate of drug-likeness (QED) is 0.625. The molecule has 0 amide bonds. The molecule has 1 aromatic heterocycles. The zero-order valence-corrected chi connectivity index (χ0v) is 16.9. The fraction of sp³-hybridized carbons (Fsp3) is 0.500. The third kappa shape index (κ3) is 5.11. The van der Waals surface area contributed by atoms with Crippen LogP contribution in [0.2, 0.25) is 0 Å². The van der Waals surface area contributed by atoms with E-state index in [1.54, 1.807) is 6.33 Å². The van der Waals surface area contributed by atoms with E-state index in [9.17, 15) is 13.5 Å². The van der Waals surface area contributed by atoms with E-state index in [1.165, 1.54) is 11.1 Å². The summed E-state index contributed by atoms with van der Waals surface area (Å²) in [6, 6.07) is 10.7. The van der Waals surface area contributed by atoms with Gasteiger partial charge in [0, 0.05) is 17.7 Å². The smallest absolute Gasteiger partial charge is 0.333 e. The van der Waals surface area contributed by atoms with Gasteiger partial charge in [0.2, 0.25) is 0 Å². The van der Waals surface area contributed by atoms with E-state index in [-0.39, 0.29) is 24.5 Å². The summed E-state index contributed by atoms with van der Waals surface area (Å²) in [5.41, 5.74) is 3.61. The lowest BCUT2D eigenvalue weighted by Gasteiger charge is -2.16. The number of hydrogen-bond donors (Lipinski definition) is 3. The molecule has 4 atom stereocenters. The molecule has 0 aliphatic heterocycles. The molecular formula is C20H26N4O4S. The Kier molecular flexibility index (Phi) is 5.82. The van der Waals surface area contributed by atoms with Crippen molar-refractivity contribution in [1.29, 1.82) is 0 Å². The average molecular weight is 419 g/mol. The van der Waals surface area contributed by atoms with Crippen molar-refractivity contribution in [3.63, 3.8) is 0 Å². The lowest BCUT2D eigenvalue weighted by Crippen LogP contribution is -2.24. The first-order valence-corrected chi connectivity index (χ1v) is 11.3. The van der Waals surface area contributed by atoms with Crippen LogP contribution in [0.1, 0.15) is 42.1 Å². The van der Waals surface area contributed by atoms with Gasteiger partial charge in [0.05, 0.1) is 18.8 Å². The standard InChI is InChI=1S/C20H26N4O4S/c21-29(26,27)28-11-15-7-13(9-19(15)25)8-16-10-20(23-12-22-16)24-18-6-5-14-3-1-2-4-17(14)18/h1-4,10,12-13,15,18-19,25H,5-9,11H2,(H2,21,26,27)(H,22,23,24)/t13-,15-,18-,19-/m0/s1. The number of nitrogens with zero attached hydrogens (tertiary/aromatic N) is 2. The molecule has 0 saturated heterocycles. The average Bonchev–Trinajstić information content (AvgIpc) is 3.23. The highest BCUT2D eigenvalue weighted by atomic mass is 32.2. The molecule has 2 aliphatic rings. The van der Waals surface area contributed by atoms with Crippen molar-refractivity contribution in [3.05, 3.63) is 53.5 Å². The summed E-state index contributed by atoms with van der Waals surface area (Å²) in [6.07, 6.45) is 5.01. The molecule has 0 unspecified atom stereocenters. The van der Waals surface area contributed by atoms with Gasteiger partial charge in [0.15, 0.2) is 0 Å². The van der Waals surface area contributed by atoms with E-state index < -0.39 is 16.4 Å². The van der Waals surface area contributed by atoms with Crippen LogP contribution in [0.25, 0.3) is 0 Å². The molecule has 9 heteroatoms. The molecule has 156 valence electrons. The maximum atomic E-state index is 11.0. The van der Waals surface area contributed by atoms with Gasteiger partial charge in [-0.25, -0.2) is 15.1 Å². The van der Waals surface area contributed by atoms with Gasteiger partial charge in [-0.3, -0.25) is 4.18 Å². The summed E-state index contributed by atoms with van der Waals surface area (Å²) in [5.74, 6) is 0.756. The predicted molar refractivity (Wildman–Crippen MR) is 108 cm³/mol. The van der Waals surface area contributed by atoms with Crippen molar-refractivity contribution < 1.29 is 17.7 Å². The summed E-state index contributed by atoms with van der Waals surface area (Å²) in [5, 5.41) is 18.6. The van der Waals surface area contributed by atoms with Gasteiger partial charge in [-0.15, -0.1) is 0 Å². The Morgan fingerprint density at radius 1 is 1.24 bits per heavy atom.